The zero-order valence-electron chi connectivity index (χ0n) is 15.6. The maximum absolute atomic E-state index is 12.2. The number of nitrogens with one attached hydrogen (secondary N) is 1. The average molecular weight is 375 g/mol. The summed E-state index contributed by atoms with van der Waals surface area (Å²) in [6.45, 7) is 0.798. The van der Waals surface area contributed by atoms with Crippen molar-refractivity contribution in [2.24, 2.45) is 0 Å². The second kappa shape index (κ2) is 8.00. The first kappa shape index (κ1) is 17.9. The standard InChI is InChI=1S/C22H21N3O3/c1-27-19-8-4-5-9-20(19)28-15-22(26)24-17-10-11-21(23-14-17)25-13-12-16-6-2-3-7-18(16)25/h2-11,14H,12-13,15H2,1H3,(H,24,26). The molecule has 1 amide bonds. The minimum Gasteiger partial charge on any atom is -0.493 e. The fourth-order valence-electron chi connectivity index (χ4n) is 3.27. The van der Waals surface area contributed by atoms with E-state index in [4.69, 9.17) is 9.47 Å². The van der Waals surface area contributed by atoms with Gasteiger partial charge in [0.25, 0.3) is 5.91 Å². The van der Waals surface area contributed by atoms with Crippen LogP contribution in [0.1, 0.15) is 5.56 Å². The summed E-state index contributed by atoms with van der Waals surface area (Å²) in [4.78, 5) is 18.9. The summed E-state index contributed by atoms with van der Waals surface area (Å²) in [5.74, 6) is 1.73. The van der Waals surface area contributed by atoms with Crippen LogP contribution < -0.4 is 19.7 Å². The molecule has 1 aliphatic rings. The Kier molecular flexibility index (Phi) is 5.10. The van der Waals surface area contributed by atoms with E-state index in [9.17, 15) is 4.79 Å². The molecule has 4 rings (SSSR count). The largest absolute Gasteiger partial charge is 0.493 e. The third kappa shape index (κ3) is 3.76. The number of benzene rings is 2. The number of para-hydroxylation sites is 3. The van der Waals surface area contributed by atoms with Crippen molar-refractivity contribution in [3.63, 3.8) is 0 Å². The highest BCUT2D eigenvalue weighted by molar-refractivity contribution is 5.91. The number of amides is 1. The van der Waals surface area contributed by atoms with E-state index in [2.05, 4.69) is 33.4 Å². The van der Waals surface area contributed by atoms with Gasteiger partial charge in [-0.05, 0) is 42.3 Å². The molecule has 0 aliphatic carbocycles. The summed E-state index contributed by atoms with van der Waals surface area (Å²) in [6, 6.07) is 19.3. The van der Waals surface area contributed by atoms with Crippen molar-refractivity contribution in [1.82, 2.24) is 4.98 Å². The number of rotatable bonds is 6. The number of pyridine rings is 1. The van der Waals surface area contributed by atoms with Gasteiger partial charge >= 0.3 is 0 Å². The Hall–Kier alpha value is -3.54. The first-order valence-corrected chi connectivity index (χ1v) is 9.12. The van der Waals surface area contributed by atoms with Gasteiger partial charge in [0.15, 0.2) is 18.1 Å². The Morgan fingerprint density at radius 3 is 2.64 bits per heavy atom. The first-order valence-electron chi connectivity index (χ1n) is 9.12. The average Bonchev–Trinajstić information content (AvgIpc) is 3.17. The Labute approximate surface area is 163 Å². The van der Waals surface area contributed by atoms with E-state index in [0.717, 1.165) is 18.8 Å². The molecule has 28 heavy (non-hydrogen) atoms. The SMILES string of the molecule is COc1ccccc1OCC(=O)Nc1ccc(N2CCc3ccccc32)nc1. The number of carbonyl (C=O) groups excluding carboxylic acids is 1. The molecule has 0 fully saturated rings. The first-order chi connectivity index (χ1) is 13.7. The number of carbonyl (C=O) groups is 1. The molecule has 3 aromatic rings. The Bertz CT molecular complexity index is 973. The van der Waals surface area contributed by atoms with Crippen LogP contribution >= 0.6 is 0 Å². The second-order valence-corrected chi connectivity index (χ2v) is 6.42. The van der Waals surface area contributed by atoms with Crippen molar-refractivity contribution < 1.29 is 14.3 Å². The lowest BCUT2D eigenvalue weighted by Gasteiger charge is -2.18. The van der Waals surface area contributed by atoms with Gasteiger partial charge in [-0.2, -0.15) is 0 Å². The summed E-state index contributed by atoms with van der Waals surface area (Å²) >= 11 is 0. The zero-order valence-corrected chi connectivity index (χ0v) is 15.6. The van der Waals surface area contributed by atoms with Gasteiger partial charge in [0.05, 0.1) is 19.0 Å². The predicted octanol–water partition coefficient (Wildman–Crippen LogP) is 3.80. The number of anilines is 3. The lowest BCUT2D eigenvalue weighted by atomic mass is 10.2. The molecule has 1 aliphatic heterocycles. The highest BCUT2D eigenvalue weighted by atomic mass is 16.5. The van der Waals surface area contributed by atoms with Gasteiger partial charge in [-0.1, -0.05) is 30.3 Å². The van der Waals surface area contributed by atoms with Gasteiger partial charge < -0.3 is 19.7 Å². The lowest BCUT2D eigenvalue weighted by Crippen LogP contribution is -2.20. The summed E-state index contributed by atoms with van der Waals surface area (Å²) in [7, 11) is 1.56. The quantitative estimate of drug-likeness (QED) is 0.710. The topological polar surface area (TPSA) is 63.7 Å². The van der Waals surface area contributed by atoms with Crippen molar-refractivity contribution >= 4 is 23.1 Å². The molecule has 6 nitrogen and oxygen atoms in total. The predicted molar refractivity (Wildman–Crippen MR) is 109 cm³/mol. The molecule has 2 aromatic carbocycles. The molecule has 142 valence electrons. The number of methoxy groups -OCH3 is 1. The fourth-order valence-corrected chi connectivity index (χ4v) is 3.27. The zero-order chi connectivity index (χ0) is 19.3. The van der Waals surface area contributed by atoms with Crippen LogP contribution in [0.2, 0.25) is 0 Å². The molecule has 0 spiro atoms. The molecule has 2 heterocycles. The van der Waals surface area contributed by atoms with Crippen molar-refractivity contribution in [2.75, 3.05) is 30.5 Å². The third-order valence-electron chi connectivity index (χ3n) is 4.62. The molecule has 0 bridgehead atoms. The highest BCUT2D eigenvalue weighted by Gasteiger charge is 2.20. The number of fused-ring (bicyclic) bond motifs is 1. The molecule has 0 unspecified atom stereocenters. The van der Waals surface area contributed by atoms with Crippen LogP contribution in [-0.4, -0.2) is 31.2 Å². The molecule has 0 saturated heterocycles. The van der Waals surface area contributed by atoms with Gasteiger partial charge in [0, 0.05) is 12.2 Å². The van der Waals surface area contributed by atoms with Gasteiger partial charge in [0.2, 0.25) is 0 Å². The number of ether oxygens (including phenoxy) is 2. The van der Waals surface area contributed by atoms with Crippen molar-refractivity contribution in [2.45, 2.75) is 6.42 Å². The summed E-state index contributed by atoms with van der Waals surface area (Å²) in [5, 5.41) is 2.80. The van der Waals surface area contributed by atoms with E-state index in [1.807, 2.05) is 30.3 Å². The molecule has 0 saturated carbocycles. The van der Waals surface area contributed by atoms with Gasteiger partial charge in [-0.25, -0.2) is 4.98 Å². The maximum Gasteiger partial charge on any atom is 0.262 e. The van der Waals surface area contributed by atoms with Crippen molar-refractivity contribution in [1.29, 1.82) is 0 Å². The monoisotopic (exact) mass is 375 g/mol. The van der Waals surface area contributed by atoms with Crippen LogP contribution in [0.5, 0.6) is 11.5 Å². The molecule has 0 atom stereocenters. The van der Waals surface area contributed by atoms with E-state index in [1.165, 1.54) is 11.3 Å². The number of aromatic nitrogens is 1. The third-order valence-corrected chi connectivity index (χ3v) is 4.62. The highest BCUT2D eigenvalue weighted by Crippen LogP contribution is 2.33. The molecular weight excluding hydrogens is 354 g/mol. The van der Waals surface area contributed by atoms with Crippen molar-refractivity contribution in [3.8, 4) is 11.5 Å². The van der Waals surface area contributed by atoms with Gasteiger partial charge in [-0.3, -0.25) is 4.79 Å². The Morgan fingerprint density at radius 2 is 1.86 bits per heavy atom. The second-order valence-electron chi connectivity index (χ2n) is 6.42. The van der Waals surface area contributed by atoms with Crippen LogP contribution in [0.3, 0.4) is 0 Å². The normalized spacial score (nSPS) is 12.4. The van der Waals surface area contributed by atoms with E-state index in [1.54, 1.807) is 25.4 Å². The molecule has 1 N–H and O–H groups in total. The fraction of sp³-hybridized carbons (Fsp3) is 0.182. The lowest BCUT2D eigenvalue weighted by molar-refractivity contribution is -0.118. The van der Waals surface area contributed by atoms with E-state index < -0.39 is 0 Å². The molecule has 1 aromatic heterocycles. The molecule has 0 radical (unpaired) electrons. The summed E-state index contributed by atoms with van der Waals surface area (Å²) in [5.41, 5.74) is 3.15. The Balaban J connectivity index is 1.36. The van der Waals surface area contributed by atoms with E-state index in [0.29, 0.717) is 17.2 Å². The number of hydrogen-bond acceptors (Lipinski definition) is 5. The van der Waals surface area contributed by atoms with Crippen LogP contribution in [0.4, 0.5) is 17.2 Å². The maximum atomic E-state index is 12.2. The smallest absolute Gasteiger partial charge is 0.262 e. The Morgan fingerprint density at radius 1 is 1.07 bits per heavy atom. The van der Waals surface area contributed by atoms with E-state index >= 15 is 0 Å². The van der Waals surface area contributed by atoms with Crippen LogP contribution in [-0.2, 0) is 11.2 Å². The van der Waals surface area contributed by atoms with Gasteiger partial charge in [-0.15, -0.1) is 0 Å². The summed E-state index contributed by atoms with van der Waals surface area (Å²) in [6.07, 6.45) is 2.67. The molecular formula is C22H21N3O3. The molecule has 6 heteroatoms. The minimum atomic E-state index is -0.257. The van der Waals surface area contributed by atoms with Crippen LogP contribution in [0.25, 0.3) is 0 Å². The minimum absolute atomic E-state index is 0.109. The van der Waals surface area contributed by atoms with Crippen molar-refractivity contribution in [3.05, 3.63) is 72.4 Å². The van der Waals surface area contributed by atoms with E-state index in [-0.39, 0.29) is 12.5 Å². The van der Waals surface area contributed by atoms with Crippen LogP contribution in [0, 0.1) is 0 Å². The van der Waals surface area contributed by atoms with Gasteiger partial charge in [0.1, 0.15) is 5.82 Å². The number of nitrogens with zero attached hydrogens (tertiary/aromatic N) is 2. The summed E-state index contributed by atoms with van der Waals surface area (Å²) < 4.78 is 10.8. The van der Waals surface area contributed by atoms with Crippen LogP contribution in [0.15, 0.2) is 66.9 Å². The number of hydrogen-bond donors (Lipinski definition) is 1.